The SMILES string of the molecule is C=CCCC(=O)N1CCc2c(N)cccc2C1. The van der Waals surface area contributed by atoms with Crippen LogP contribution in [0.3, 0.4) is 0 Å². The van der Waals surface area contributed by atoms with E-state index >= 15 is 0 Å². The number of amides is 1. The van der Waals surface area contributed by atoms with Gasteiger partial charge in [-0.25, -0.2) is 0 Å². The molecule has 0 spiro atoms. The molecule has 0 aliphatic carbocycles. The van der Waals surface area contributed by atoms with Gasteiger partial charge in [-0.05, 0) is 30.0 Å². The van der Waals surface area contributed by atoms with E-state index in [0.29, 0.717) is 13.0 Å². The van der Waals surface area contributed by atoms with Crippen molar-refractivity contribution < 1.29 is 4.79 Å². The van der Waals surface area contributed by atoms with E-state index in [1.54, 1.807) is 6.08 Å². The van der Waals surface area contributed by atoms with Crippen molar-refractivity contribution in [1.29, 1.82) is 0 Å². The van der Waals surface area contributed by atoms with E-state index in [9.17, 15) is 4.79 Å². The number of anilines is 1. The summed E-state index contributed by atoms with van der Waals surface area (Å²) in [4.78, 5) is 13.8. The Kier molecular flexibility index (Phi) is 3.47. The molecule has 0 saturated carbocycles. The summed E-state index contributed by atoms with van der Waals surface area (Å²) >= 11 is 0. The maximum Gasteiger partial charge on any atom is 0.223 e. The van der Waals surface area contributed by atoms with Crippen molar-refractivity contribution in [2.75, 3.05) is 12.3 Å². The predicted octanol–water partition coefficient (Wildman–Crippen LogP) is 2.12. The zero-order valence-electron chi connectivity index (χ0n) is 9.98. The van der Waals surface area contributed by atoms with Crippen LogP contribution < -0.4 is 5.73 Å². The molecule has 3 heteroatoms. The molecule has 1 aliphatic rings. The Balaban J connectivity index is 2.08. The molecule has 0 radical (unpaired) electrons. The molecular weight excluding hydrogens is 212 g/mol. The van der Waals surface area contributed by atoms with Crippen molar-refractivity contribution in [2.45, 2.75) is 25.8 Å². The minimum atomic E-state index is 0.206. The number of hydrogen-bond donors (Lipinski definition) is 1. The molecule has 2 rings (SSSR count). The van der Waals surface area contributed by atoms with Crippen LogP contribution in [0.4, 0.5) is 5.69 Å². The molecule has 1 heterocycles. The molecule has 1 aromatic rings. The van der Waals surface area contributed by atoms with Gasteiger partial charge in [0.05, 0.1) is 0 Å². The third-order valence-electron chi connectivity index (χ3n) is 3.22. The Morgan fingerprint density at radius 3 is 3.12 bits per heavy atom. The Bertz CT molecular complexity index is 440. The number of benzene rings is 1. The average molecular weight is 230 g/mol. The predicted molar refractivity (Wildman–Crippen MR) is 69.4 cm³/mol. The normalized spacial score (nSPS) is 14.2. The lowest BCUT2D eigenvalue weighted by Gasteiger charge is -2.29. The summed E-state index contributed by atoms with van der Waals surface area (Å²) in [6.45, 7) is 5.10. The molecule has 2 N–H and O–H groups in total. The first-order valence-electron chi connectivity index (χ1n) is 5.97. The fourth-order valence-electron chi connectivity index (χ4n) is 2.24. The summed E-state index contributed by atoms with van der Waals surface area (Å²) in [6, 6.07) is 5.93. The highest BCUT2D eigenvalue weighted by atomic mass is 16.2. The topological polar surface area (TPSA) is 46.3 Å². The molecule has 0 atom stereocenters. The lowest BCUT2D eigenvalue weighted by atomic mass is 9.98. The highest BCUT2D eigenvalue weighted by Crippen LogP contribution is 2.24. The number of hydrogen-bond acceptors (Lipinski definition) is 2. The van der Waals surface area contributed by atoms with Crippen LogP contribution in [-0.2, 0) is 17.8 Å². The second kappa shape index (κ2) is 5.04. The third kappa shape index (κ3) is 2.49. The minimum absolute atomic E-state index is 0.206. The third-order valence-corrected chi connectivity index (χ3v) is 3.22. The van der Waals surface area contributed by atoms with Gasteiger partial charge in [-0.3, -0.25) is 4.79 Å². The van der Waals surface area contributed by atoms with Gasteiger partial charge >= 0.3 is 0 Å². The lowest BCUT2D eigenvalue weighted by molar-refractivity contribution is -0.132. The van der Waals surface area contributed by atoms with Gasteiger partial charge in [0.15, 0.2) is 0 Å². The van der Waals surface area contributed by atoms with Gasteiger partial charge in [-0.15, -0.1) is 6.58 Å². The fraction of sp³-hybridized carbons (Fsp3) is 0.357. The number of carbonyl (C=O) groups excluding carboxylic acids is 1. The summed E-state index contributed by atoms with van der Waals surface area (Å²) in [5.74, 6) is 0.206. The summed E-state index contributed by atoms with van der Waals surface area (Å²) < 4.78 is 0. The van der Waals surface area contributed by atoms with Crippen molar-refractivity contribution in [3.8, 4) is 0 Å². The van der Waals surface area contributed by atoms with Crippen molar-refractivity contribution in [3.63, 3.8) is 0 Å². The second-order valence-corrected chi connectivity index (χ2v) is 4.38. The van der Waals surface area contributed by atoms with E-state index < -0.39 is 0 Å². The number of nitrogen functional groups attached to an aromatic ring is 1. The standard InChI is InChI=1S/C14H18N2O/c1-2-3-7-14(17)16-9-8-12-11(10-16)5-4-6-13(12)15/h2,4-6H,1,3,7-10,15H2. The molecule has 1 aliphatic heterocycles. The van der Waals surface area contributed by atoms with Crippen LogP contribution in [0.25, 0.3) is 0 Å². The summed E-state index contributed by atoms with van der Waals surface area (Å²) in [7, 11) is 0. The van der Waals surface area contributed by atoms with Crippen LogP contribution in [0.1, 0.15) is 24.0 Å². The Labute approximate surface area is 102 Å². The van der Waals surface area contributed by atoms with Crippen LogP contribution >= 0.6 is 0 Å². The first-order valence-corrected chi connectivity index (χ1v) is 5.97. The molecule has 1 aromatic carbocycles. The molecule has 0 unspecified atom stereocenters. The van der Waals surface area contributed by atoms with E-state index in [-0.39, 0.29) is 5.91 Å². The first-order chi connectivity index (χ1) is 8.22. The summed E-state index contributed by atoms with van der Waals surface area (Å²) in [6.07, 6.45) is 3.95. The summed E-state index contributed by atoms with van der Waals surface area (Å²) in [5.41, 5.74) is 9.17. The number of nitrogens with zero attached hydrogens (tertiary/aromatic N) is 1. The highest BCUT2D eigenvalue weighted by Gasteiger charge is 2.20. The number of nitrogens with two attached hydrogens (primary N) is 1. The van der Waals surface area contributed by atoms with E-state index in [2.05, 4.69) is 12.6 Å². The van der Waals surface area contributed by atoms with Gasteiger partial charge in [0.1, 0.15) is 0 Å². The molecule has 0 fully saturated rings. The van der Waals surface area contributed by atoms with Gasteiger partial charge in [0, 0.05) is 25.2 Å². The molecule has 17 heavy (non-hydrogen) atoms. The smallest absolute Gasteiger partial charge is 0.223 e. The molecule has 90 valence electrons. The number of carbonyl (C=O) groups is 1. The molecule has 0 aromatic heterocycles. The number of rotatable bonds is 3. The van der Waals surface area contributed by atoms with Crippen LogP contribution in [0, 0.1) is 0 Å². The van der Waals surface area contributed by atoms with Crippen LogP contribution in [0.15, 0.2) is 30.9 Å². The Morgan fingerprint density at radius 2 is 2.35 bits per heavy atom. The molecule has 1 amide bonds. The maximum absolute atomic E-state index is 11.9. The first kappa shape index (κ1) is 11.7. The number of fused-ring (bicyclic) bond motifs is 1. The zero-order chi connectivity index (χ0) is 12.3. The van der Waals surface area contributed by atoms with Crippen molar-refractivity contribution >= 4 is 11.6 Å². The molecule has 0 bridgehead atoms. The summed E-state index contributed by atoms with van der Waals surface area (Å²) in [5, 5.41) is 0. The minimum Gasteiger partial charge on any atom is -0.398 e. The monoisotopic (exact) mass is 230 g/mol. The van der Waals surface area contributed by atoms with Crippen molar-refractivity contribution in [3.05, 3.63) is 42.0 Å². The maximum atomic E-state index is 11.9. The van der Waals surface area contributed by atoms with E-state index in [1.807, 2.05) is 17.0 Å². The van der Waals surface area contributed by atoms with Crippen LogP contribution in [0.2, 0.25) is 0 Å². The van der Waals surface area contributed by atoms with Gasteiger partial charge in [-0.2, -0.15) is 0 Å². The lowest BCUT2D eigenvalue weighted by Crippen LogP contribution is -2.36. The average Bonchev–Trinajstić information content (AvgIpc) is 2.36. The molecule has 3 nitrogen and oxygen atoms in total. The van der Waals surface area contributed by atoms with Crippen LogP contribution in [0.5, 0.6) is 0 Å². The Hall–Kier alpha value is -1.77. The van der Waals surface area contributed by atoms with E-state index in [4.69, 9.17) is 5.73 Å². The van der Waals surface area contributed by atoms with Gasteiger partial charge in [0.25, 0.3) is 0 Å². The van der Waals surface area contributed by atoms with Crippen molar-refractivity contribution in [1.82, 2.24) is 4.90 Å². The molecular formula is C14H18N2O. The second-order valence-electron chi connectivity index (χ2n) is 4.38. The van der Waals surface area contributed by atoms with E-state index in [0.717, 1.165) is 25.1 Å². The number of allylic oxidation sites excluding steroid dienone is 1. The van der Waals surface area contributed by atoms with Crippen molar-refractivity contribution in [2.24, 2.45) is 0 Å². The largest absolute Gasteiger partial charge is 0.398 e. The van der Waals surface area contributed by atoms with Gasteiger partial charge < -0.3 is 10.6 Å². The quantitative estimate of drug-likeness (QED) is 0.638. The Morgan fingerprint density at radius 1 is 1.53 bits per heavy atom. The van der Waals surface area contributed by atoms with Gasteiger partial charge in [-0.1, -0.05) is 18.2 Å². The molecule has 0 saturated heterocycles. The van der Waals surface area contributed by atoms with E-state index in [1.165, 1.54) is 11.1 Å². The fourth-order valence-corrected chi connectivity index (χ4v) is 2.24. The zero-order valence-corrected chi connectivity index (χ0v) is 9.98. The van der Waals surface area contributed by atoms with Crippen LogP contribution in [-0.4, -0.2) is 17.4 Å². The van der Waals surface area contributed by atoms with Gasteiger partial charge in [0.2, 0.25) is 5.91 Å². The highest BCUT2D eigenvalue weighted by molar-refractivity contribution is 5.77.